The van der Waals surface area contributed by atoms with Gasteiger partial charge < -0.3 is 10.2 Å². The third kappa shape index (κ3) is 6.09. The molecule has 0 saturated heterocycles. The Morgan fingerprint density at radius 3 is 2.40 bits per heavy atom. The predicted molar refractivity (Wildman–Crippen MR) is 121 cm³/mol. The van der Waals surface area contributed by atoms with Gasteiger partial charge in [-0.05, 0) is 42.9 Å². The number of carbonyl (C=O) groups excluding carboxylic acids is 2. The van der Waals surface area contributed by atoms with Gasteiger partial charge in [0.25, 0.3) is 0 Å². The molecular formula is C25H31ClN2O2. The van der Waals surface area contributed by atoms with Gasteiger partial charge in [0, 0.05) is 24.0 Å². The SMILES string of the molecule is CC[C@@H](C(=O)NC1CCCC1)N(Cc1ccccc1)C(=O)CCc1ccccc1Cl. The van der Waals surface area contributed by atoms with Gasteiger partial charge in [-0.25, -0.2) is 0 Å². The van der Waals surface area contributed by atoms with Crippen LogP contribution in [0.25, 0.3) is 0 Å². The molecule has 4 nitrogen and oxygen atoms in total. The molecule has 3 rings (SSSR count). The number of hydrogen-bond acceptors (Lipinski definition) is 2. The second-order valence-electron chi connectivity index (χ2n) is 8.01. The number of aryl methyl sites for hydroxylation is 1. The molecule has 1 aliphatic rings. The molecule has 0 spiro atoms. The van der Waals surface area contributed by atoms with Crippen LogP contribution < -0.4 is 5.32 Å². The summed E-state index contributed by atoms with van der Waals surface area (Å²) in [7, 11) is 0. The van der Waals surface area contributed by atoms with Crippen molar-refractivity contribution < 1.29 is 9.59 Å². The average molecular weight is 427 g/mol. The molecule has 1 N–H and O–H groups in total. The Kier molecular flexibility index (Phi) is 8.32. The van der Waals surface area contributed by atoms with Crippen LogP contribution >= 0.6 is 11.6 Å². The molecule has 0 aliphatic heterocycles. The monoisotopic (exact) mass is 426 g/mol. The normalized spacial score (nSPS) is 15.0. The maximum Gasteiger partial charge on any atom is 0.243 e. The van der Waals surface area contributed by atoms with E-state index in [2.05, 4.69) is 5.32 Å². The van der Waals surface area contributed by atoms with E-state index in [1.165, 1.54) is 0 Å². The average Bonchev–Trinajstić information content (AvgIpc) is 3.26. The Morgan fingerprint density at radius 2 is 1.73 bits per heavy atom. The quantitative estimate of drug-likeness (QED) is 0.603. The molecule has 1 atom stereocenters. The van der Waals surface area contributed by atoms with E-state index in [9.17, 15) is 9.59 Å². The van der Waals surface area contributed by atoms with Crippen molar-refractivity contribution in [1.82, 2.24) is 10.2 Å². The highest BCUT2D eigenvalue weighted by Gasteiger charge is 2.30. The number of carbonyl (C=O) groups is 2. The van der Waals surface area contributed by atoms with E-state index >= 15 is 0 Å². The molecule has 2 amide bonds. The number of hydrogen-bond donors (Lipinski definition) is 1. The van der Waals surface area contributed by atoms with E-state index in [1.54, 1.807) is 4.90 Å². The Hall–Kier alpha value is -2.33. The van der Waals surface area contributed by atoms with Crippen LogP contribution in [0, 0.1) is 0 Å². The van der Waals surface area contributed by atoms with Crippen molar-refractivity contribution in [2.45, 2.75) is 70.5 Å². The minimum Gasteiger partial charge on any atom is -0.352 e. The maximum absolute atomic E-state index is 13.3. The Bertz CT molecular complexity index is 834. The molecule has 160 valence electrons. The lowest BCUT2D eigenvalue weighted by Crippen LogP contribution is -2.51. The van der Waals surface area contributed by atoms with E-state index in [0.29, 0.717) is 30.8 Å². The minimum absolute atomic E-state index is 0.0211. The highest BCUT2D eigenvalue weighted by Crippen LogP contribution is 2.21. The van der Waals surface area contributed by atoms with Gasteiger partial charge in [0.15, 0.2) is 0 Å². The van der Waals surface area contributed by atoms with Crippen molar-refractivity contribution in [1.29, 1.82) is 0 Å². The Balaban J connectivity index is 1.74. The lowest BCUT2D eigenvalue weighted by Gasteiger charge is -2.31. The van der Waals surface area contributed by atoms with Crippen molar-refractivity contribution in [3.63, 3.8) is 0 Å². The van der Waals surface area contributed by atoms with Crippen LogP contribution in [0.15, 0.2) is 54.6 Å². The fourth-order valence-electron chi connectivity index (χ4n) is 4.15. The first-order chi connectivity index (χ1) is 14.6. The van der Waals surface area contributed by atoms with Crippen LogP contribution in [0.1, 0.15) is 56.6 Å². The van der Waals surface area contributed by atoms with Gasteiger partial charge in [-0.15, -0.1) is 0 Å². The van der Waals surface area contributed by atoms with Gasteiger partial charge in [-0.2, -0.15) is 0 Å². The van der Waals surface area contributed by atoms with Crippen molar-refractivity contribution in [2.75, 3.05) is 0 Å². The second kappa shape index (κ2) is 11.2. The molecule has 1 fully saturated rings. The lowest BCUT2D eigenvalue weighted by molar-refractivity contribution is -0.141. The summed E-state index contributed by atoms with van der Waals surface area (Å²) < 4.78 is 0. The molecule has 1 saturated carbocycles. The van der Waals surface area contributed by atoms with E-state index in [4.69, 9.17) is 11.6 Å². The van der Waals surface area contributed by atoms with Gasteiger partial charge in [0.1, 0.15) is 6.04 Å². The summed E-state index contributed by atoms with van der Waals surface area (Å²) in [6.07, 6.45) is 5.85. The summed E-state index contributed by atoms with van der Waals surface area (Å²) in [6, 6.07) is 17.2. The summed E-state index contributed by atoms with van der Waals surface area (Å²) >= 11 is 6.26. The lowest BCUT2D eigenvalue weighted by atomic mass is 10.1. The molecule has 2 aromatic carbocycles. The van der Waals surface area contributed by atoms with E-state index in [0.717, 1.165) is 36.8 Å². The van der Waals surface area contributed by atoms with E-state index in [1.807, 2.05) is 61.5 Å². The Labute approximate surface area is 184 Å². The smallest absolute Gasteiger partial charge is 0.243 e. The number of benzene rings is 2. The number of amides is 2. The minimum atomic E-state index is -0.468. The third-order valence-electron chi connectivity index (χ3n) is 5.85. The highest BCUT2D eigenvalue weighted by molar-refractivity contribution is 6.31. The first kappa shape index (κ1) is 22.4. The van der Waals surface area contributed by atoms with Crippen molar-refractivity contribution in [2.24, 2.45) is 0 Å². The first-order valence-corrected chi connectivity index (χ1v) is 11.3. The van der Waals surface area contributed by atoms with Crippen molar-refractivity contribution in [3.05, 3.63) is 70.7 Å². The van der Waals surface area contributed by atoms with Crippen molar-refractivity contribution in [3.8, 4) is 0 Å². The zero-order valence-electron chi connectivity index (χ0n) is 17.6. The Morgan fingerprint density at radius 1 is 1.07 bits per heavy atom. The van der Waals surface area contributed by atoms with Crippen LogP contribution in [0.4, 0.5) is 0 Å². The van der Waals surface area contributed by atoms with Gasteiger partial charge in [0.05, 0.1) is 0 Å². The van der Waals surface area contributed by atoms with E-state index in [-0.39, 0.29) is 17.9 Å². The van der Waals surface area contributed by atoms with E-state index < -0.39 is 6.04 Å². The molecule has 0 aromatic heterocycles. The summed E-state index contributed by atoms with van der Waals surface area (Å²) in [5.74, 6) is -0.0568. The number of halogens is 1. The standard InChI is InChI=1S/C25H31ClN2O2/c1-2-23(25(30)27-21-13-7-8-14-21)28(18-19-10-4-3-5-11-19)24(29)17-16-20-12-6-9-15-22(20)26/h3-6,9-12,15,21,23H,2,7-8,13-14,16-18H2,1H3,(H,27,30)/t23-/m0/s1. The predicted octanol–water partition coefficient (Wildman–Crippen LogP) is 5.14. The van der Waals surface area contributed by atoms with Gasteiger partial charge in [0.2, 0.25) is 11.8 Å². The molecule has 2 aromatic rings. The van der Waals surface area contributed by atoms with Gasteiger partial charge >= 0.3 is 0 Å². The molecule has 0 heterocycles. The van der Waals surface area contributed by atoms with Crippen LogP contribution in [-0.4, -0.2) is 28.8 Å². The fraction of sp³-hybridized carbons (Fsp3) is 0.440. The fourth-order valence-corrected chi connectivity index (χ4v) is 4.38. The second-order valence-corrected chi connectivity index (χ2v) is 8.42. The zero-order chi connectivity index (χ0) is 21.3. The summed E-state index contributed by atoms with van der Waals surface area (Å²) in [5.41, 5.74) is 1.98. The van der Waals surface area contributed by atoms with Crippen molar-refractivity contribution >= 4 is 23.4 Å². The molecule has 0 bridgehead atoms. The summed E-state index contributed by atoms with van der Waals surface area (Å²) in [5, 5.41) is 3.85. The molecular weight excluding hydrogens is 396 g/mol. The van der Waals surface area contributed by atoms with Crippen LogP contribution in [0.5, 0.6) is 0 Å². The third-order valence-corrected chi connectivity index (χ3v) is 6.22. The maximum atomic E-state index is 13.3. The van der Waals surface area contributed by atoms with Gasteiger partial charge in [-0.1, -0.05) is 79.9 Å². The summed E-state index contributed by atoms with van der Waals surface area (Å²) in [6.45, 7) is 2.40. The molecule has 0 radical (unpaired) electrons. The highest BCUT2D eigenvalue weighted by atomic mass is 35.5. The van der Waals surface area contributed by atoms with Crippen LogP contribution in [0.3, 0.4) is 0 Å². The molecule has 30 heavy (non-hydrogen) atoms. The zero-order valence-corrected chi connectivity index (χ0v) is 18.4. The van der Waals surface area contributed by atoms with Crippen LogP contribution in [0.2, 0.25) is 5.02 Å². The number of rotatable bonds is 9. The van der Waals surface area contributed by atoms with Crippen LogP contribution in [-0.2, 0) is 22.6 Å². The summed E-state index contributed by atoms with van der Waals surface area (Å²) in [4.78, 5) is 28.1. The number of nitrogens with one attached hydrogen (secondary N) is 1. The molecule has 1 aliphatic carbocycles. The first-order valence-electron chi connectivity index (χ1n) is 11.0. The molecule has 0 unspecified atom stereocenters. The largest absolute Gasteiger partial charge is 0.352 e. The molecule has 5 heteroatoms. The van der Waals surface area contributed by atoms with Gasteiger partial charge in [-0.3, -0.25) is 9.59 Å². The topological polar surface area (TPSA) is 49.4 Å². The number of nitrogens with zero attached hydrogens (tertiary/aromatic N) is 1.